The molecule has 0 amide bonds. The lowest BCUT2D eigenvalue weighted by Gasteiger charge is -2.07. The van der Waals surface area contributed by atoms with Crippen molar-refractivity contribution in [1.82, 2.24) is 19.4 Å². The number of carbonyl (C=O) groups excluding carboxylic acids is 1. The molecule has 0 unspecified atom stereocenters. The second-order valence-corrected chi connectivity index (χ2v) is 7.23. The number of aromatic nitrogens is 4. The number of carbonyl (C=O) groups is 1. The van der Waals surface area contributed by atoms with Crippen LogP contribution >= 0.6 is 11.8 Å². The molecule has 0 aliphatic rings. The maximum absolute atomic E-state index is 12.5. The van der Waals surface area contributed by atoms with Gasteiger partial charge >= 0.3 is 0 Å². The van der Waals surface area contributed by atoms with Crippen LogP contribution < -0.4 is 15.3 Å². The van der Waals surface area contributed by atoms with Crippen molar-refractivity contribution in [3.63, 3.8) is 0 Å². The van der Waals surface area contributed by atoms with Crippen LogP contribution in [0, 0.1) is 13.8 Å². The molecule has 1 aromatic carbocycles. The molecular weight excluding hydrogens is 378 g/mol. The van der Waals surface area contributed by atoms with E-state index in [2.05, 4.69) is 10.2 Å². The highest BCUT2D eigenvalue weighted by Gasteiger charge is 2.17. The Labute approximate surface area is 167 Å². The van der Waals surface area contributed by atoms with Gasteiger partial charge in [-0.3, -0.25) is 4.79 Å². The predicted octanol–water partition coefficient (Wildman–Crippen LogP) is 2.51. The number of hydrogen-bond acceptors (Lipinski definition) is 7. The highest BCUT2D eigenvalue weighted by atomic mass is 32.2. The predicted molar refractivity (Wildman–Crippen MR) is 107 cm³/mol. The third-order valence-electron chi connectivity index (χ3n) is 4.55. The van der Waals surface area contributed by atoms with Crippen LogP contribution in [-0.2, 0) is 13.7 Å². The van der Waals surface area contributed by atoms with Crippen LogP contribution in [0.4, 0.5) is 0 Å². The van der Waals surface area contributed by atoms with Crippen LogP contribution in [-0.4, -0.2) is 38.1 Å². The lowest BCUT2D eigenvalue weighted by molar-refractivity contribution is 0.102. The van der Waals surface area contributed by atoms with E-state index in [0.29, 0.717) is 22.5 Å². The minimum absolute atomic E-state index is 0.0309. The Hall–Kier alpha value is -2.94. The fourth-order valence-corrected chi connectivity index (χ4v) is 3.45. The zero-order valence-electron chi connectivity index (χ0n) is 16.3. The van der Waals surface area contributed by atoms with Gasteiger partial charge in [-0.05, 0) is 32.0 Å². The summed E-state index contributed by atoms with van der Waals surface area (Å²) in [6.07, 6.45) is 0. The van der Waals surface area contributed by atoms with Crippen LogP contribution in [0.2, 0.25) is 0 Å². The van der Waals surface area contributed by atoms with Gasteiger partial charge in [0.15, 0.2) is 11.6 Å². The average molecular weight is 401 g/mol. The normalized spacial score (nSPS) is 10.9. The van der Waals surface area contributed by atoms with E-state index in [1.165, 1.54) is 16.4 Å². The maximum Gasteiger partial charge on any atom is 0.210 e. The number of ether oxygens (including phenoxy) is 2. The summed E-state index contributed by atoms with van der Waals surface area (Å²) in [7, 11) is 3.54. The van der Waals surface area contributed by atoms with Crippen molar-refractivity contribution in [2.24, 2.45) is 7.05 Å². The lowest BCUT2D eigenvalue weighted by Crippen LogP contribution is -2.16. The van der Waals surface area contributed by atoms with E-state index in [0.717, 1.165) is 17.0 Å². The molecule has 8 nitrogen and oxygen atoms in total. The van der Waals surface area contributed by atoms with Gasteiger partial charge in [0.05, 0.1) is 12.9 Å². The Bertz CT molecular complexity index is 996. The summed E-state index contributed by atoms with van der Waals surface area (Å²) < 4.78 is 14.2. The number of benzene rings is 1. The number of nitrogen functional groups attached to an aromatic ring is 1. The number of aryl methyl sites for hydroxylation is 1. The van der Waals surface area contributed by atoms with Crippen molar-refractivity contribution in [3.05, 3.63) is 53.1 Å². The molecule has 148 valence electrons. The van der Waals surface area contributed by atoms with Crippen molar-refractivity contribution >= 4 is 17.5 Å². The summed E-state index contributed by atoms with van der Waals surface area (Å²) in [5, 5.41) is 8.58. The fraction of sp³-hybridized carbons (Fsp3) is 0.316. The molecule has 0 fully saturated rings. The smallest absolute Gasteiger partial charge is 0.210 e. The number of methoxy groups -OCH3 is 1. The Morgan fingerprint density at radius 1 is 1.21 bits per heavy atom. The van der Waals surface area contributed by atoms with Crippen molar-refractivity contribution in [2.45, 2.75) is 25.6 Å². The topological polar surface area (TPSA) is 97.2 Å². The SMILES string of the molecule is COc1cccc(OCc2nnc(SCC(=O)c3cc(C)n(C)c3C)n2N)c1. The summed E-state index contributed by atoms with van der Waals surface area (Å²) in [6.45, 7) is 4.06. The molecule has 0 saturated carbocycles. The summed E-state index contributed by atoms with van der Waals surface area (Å²) in [4.78, 5) is 12.5. The number of Topliss-reactive ketones (excluding diaryl/α,β-unsaturated/α-hetero) is 1. The van der Waals surface area contributed by atoms with Crippen LogP contribution in [0.15, 0.2) is 35.5 Å². The van der Waals surface area contributed by atoms with E-state index in [1.807, 2.05) is 49.7 Å². The molecule has 3 aromatic rings. The van der Waals surface area contributed by atoms with Gasteiger partial charge in [0.2, 0.25) is 5.16 Å². The number of hydrogen-bond donors (Lipinski definition) is 1. The zero-order chi connectivity index (χ0) is 20.3. The molecule has 2 aromatic heterocycles. The Kier molecular flexibility index (Phi) is 5.93. The first-order chi connectivity index (χ1) is 13.4. The Morgan fingerprint density at radius 2 is 1.96 bits per heavy atom. The highest BCUT2D eigenvalue weighted by molar-refractivity contribution is 7.99. The van der Waals surface area contributed by atoms with Crippen molar-refractivity contribution in [2.75, 3.05) is 18.7 Å². The van der Waals surface area contributed by atoms with Crippen LogP contribution in [0.5, 0.6) is 11.5 Å². The molecule has 0 radical (unpaired) electrons. The molecule has 0 bridgehead atoms. The van der Waals surface area contributed by atoms with Gasteiger partial charge in [-0.2, -0.15) is 0 Å². The molecule has 0 spiro atoms. The second-order valence-electron chi connectivity index (χ2n) is 6.29. The zero-order valence-corrected chi connectivity index (χ0v) is 17.1. The van der Waals surface area contributed by atoms with E-state index in [1.54, 1.807) is 13.2 Å². The molecule has 3 rings (SSSR count). The van der Waals surface area contributed by atoms with E-state index >= 15 is 0 Å². The third-order valence-corrected chi connectivity index (χ3v) is 5.50. The fourth-order valence-electron chi connectivity index (χ4n) is 2.69. The highest BCUT2D eigenvalue weighted by Crippen LogP contribution is 2.22. The Morgan fingerprint density at radius 3 is 2.64 bits per heavy atom. The van der Waals surface area contributed by atoms with Crippen LogP contribution in [0.1, 0.15) is 27.6 Å². The van der Waals surface area contributed by atoms with Crippen molar-refractivity contribution in [3.8, 4) is 11.5 Å². The lowest BCUT2D eigenvalue weighted by atomic mass is 10.2. The average Bonchev–Trinajstić information content (AvgIpc) is 3.18. The molecule has 0 saturated heterocycles. The molecular formula is C19H23N5O3S. The van der Waals surface area contributed by atoms with Gasteiger partial charge in [-0.25, -0.2) is 4.68 Å². The molecule has 9 heteroatoms. The minimum Gasteiger partial charge on any atom is -0.497 e. The molecule has 2 N–H and O–H groups in total. The van der Waals surface area contributed by atoms with Gasteiger partial charge in [0.1, 0.15) is 18.1 Å². The quantitative estimate of drug-likeness (QED) is 0.352. The van der Waals surface area contributed by atoms with Gasteiger partial charge in [0, 0.05) is 30.1 Å². The largest absolute Gasteiger partial charge is 0.497 e. The number of thioether (sulfide) groups is 1. The number of rotatable bonds is 8. The standard InChI is InChI=1S/C19H23N5O3S/c1-12-8-16(13(2)23(12)3)17(25)11-28-19-22-21-18(24(19)20)10-27-15-7-5-6-14(9-15)26-4/h5-9H,10-11,20H2,1-4H3. The second kappa shape index (κ2) is 8.39. The number of nitrogens with two attached hydrogens (primary N) is 1. The van der Waals surface area contributed by atoms with Crippen LogP contribution in [0.25, 0.3) is 0 Å². The summed E-state index contributed by atoms with van der Waals surface area (Å²) >= 11 is 1.25. The summed E-state index contributed by atoms with van der Waals surface area (Å²) in [5.74, 6) is 8.13. The molecule has 28 heavy (non-hydrogen) atoms. The van der Waals surface area contributed by atoms with Gasteiger partial charge < -0.3 is 19.9 Å². The molecule has 0 aliphatic heterocycles. The van der Waals surface area contributed by atoms with Crippen LogP contribution in [0.3, 0.4) is 0 Å². The van der Waals surface area contributed by atoms with Gasteiger partial charge in [-0.15, -0.1) is 10.2 Å². The van der Waals surface area contributed by atoms with E-state index in [4.69, 9.17) is 15.3 Å². The van der Waals surface area contributed by atoms with Gasteiger partial charge in [-0.1, -0.05) is 17.8 Å². The van der Waals surface area contributed by atoms with E-state index in [9.17, 15) is 4.79 Å². The molecule has 0 aliphatic carbocycles. The first kappa shape index (κ1) is 19.8. The third kappa shape index (κ3) is 4.14. The van der Waals surface area contributed by atoms with Crippen molar-refractivity contribution in [1.29, 1.82) is 0 Å². The maximum atomic E-state index is 12.5. The van der Waals surface area contributed by atoms with Gasteiger partial charge in [0.25, 0.3) is 0 Å². The summed E-state index contributed by atoms with van der Waals surface area (Å²) in [6, 6.07) is 9.16. The van der Waals surface area contributed by atoms with E-state index < -0.39 is 0 Å². The molecule has 0 atom stereocenters. The monoisotopic (exact) mass is 401 g/mol. The summed E-state index contributed by atoms with van der Waals surface area (Å²) in [5.41, 5.74) is 2.71. The number of ketones is 1. The first-order valence-corrected chi connectivity index (χ1v) is 9.64. The first-order valence-electron chi connectivity index (χ1n) is 8.65. The molecule has 2 heterocycles. The Balaban J connectivity index is 1.61. The van der Waals surface area contributed by atoms with E-state index in [-0.39, 0.29) is 18.1 Å². The number of nitrogens with zero attached hydrogens (tertiary/aromatic N) is 4. The minimum atomic E-state index is 0.0309. The van der Waals surface area contributed by atoms with Crippen molar-refractivity contribution < 1.29 is 14.3 Å².